The van der Waals surface area contributed by atoms with Crippen LogP contribution in [0, 0.1) is 0 Å². The van der Waals surface area contributed by atoms with Gasteiger partial charge in [0.05, 0.1) is 0 Å². The van der Waals surface area contributed by atoms with E-state index in [2.05, 4.69) is 15.0 Å². The van der Waals surface area contributed by atoms with Gasteiger partial charge in [-0.1, -0.05) is 11.6 Å². The number of anilines is 1. The first kappa shape index (κ1) is 9.66. The summed E-state index contributed by atoms with van der Waals surface area (Å²) in [4.78, 5) is 22.1. The highest BCUT2D eigenvalue weighted by Gasteiger charge is 2.18. The third-order valence-electron chi connectivity index (χ3n) is 1.88. The van der Waals surface area contributed by atoms with Crippen molar-refractivity contribution < 1.29 is 9.90 Å². The van der Waals surface area contributed by atoms with E-state index in [0.717, 1.165) is 0 Å². The molecule has 0 bridgehead atoms. The molecular weight excluding hydrogens is 222 g/mol. The molecule has 78 valence electrons. The zero-order valence-electron chi connectivity index (χ0n) is 7.60. The Labute approximate surface area is 88.5 Å². The summed E-state index contributed by atoms with van der Waals surface area (Å²) in [5.74, 6) is -1.34. The van der Waals surface area contributed by atoms with Crippen LogP contribution >= 0.6 is 11.6 Å². The summed E-state index contributed by atoms with van der Waals surface area (Å²) >= 11 is 5.75. The number of aromatic nitrogens is 4. The third kappa shape index (κ3) is 1.37. The van der Waals surface area contributed by atoms with Gasteiger partial charge in [0.15, 0.2) is 10.8 Å². The van der Waals surface area contributed by atoms with Gasteiger partial charge in [-0.25, -0.2) is 9.78 Å². The summed E-state index contributed by atoms with van der Waals surface area (Å²) < 4.78 is 1.29. The summed E-state index contributed by atoms with van der Waals surface area (Å²) in [6.07, 6.45) is 0. The Morgan fingerprint density at radius 2 is 2.13 bits per heavy atom. The number of aromatic carboxylic acids is 1. The number of aryl methyl sites for hydroxylation is 1. The number of carboxylic acid groups (broad SMARTS) is 1. The quantitative estimate of drug-likeness (QED) is 0.679. The van der Waals surface area contributed by atoms with Gasteiger partial charge in [-0.3, -0.25) is 0 Å². The van der Waals surface area contributed by atoms with E-state index in [-0.39, 0.29) is 22.4 Å². The van der Waals surface area contributed by atoms with E-state index in [1.54, 1.807) is 0 Å². The van der Waals surface area contributed by atoms with Crippen molar-refractivity contribution in [2.75, 3.05) is 5.73 Å². The van der Waals surface area contributed by atoms with E-state index in [0.29, 0.717) is 5.65 Å². The highest BCUT2D eigenvalue weighted by atomic mass is 35.5. The van der Waals surface area contributed by atoms with Gasteiger partial charge in [0.25, 0.3) is 0 Å². The van der Waals surface area contributed by atoms with Gasteiger partial charge in [0.2, 0.25) is 11.8 Å². The second-order valence-corrected chi connectivity index (χ2v) is 3.20. The van der Waals surface area contributed by atoms with E-state index < -0.39 is 5.97 Å². The van der Waals surface area contributed by atoms with E-state index in [1.165, 1.54) is 11.6 Å². The van der Waals surface area contributed by atoms with Crippen LogP contribution in [0.15, 0.2) is 0 Å². The summed E-state index contributed by atoms with van der Waals surface area (Å²) in [6.45, 7) is 0. The third-order valence-corrected chi connectivity index (χ3v) is 2.15. The van der Waals surface area contributed by atoms with Gasteiger partial charge in [-0.15, -0.1) is 0 Å². The molecule has 8 heteroatoms. The number of carboxylic acids is 1. The highest BCUT2D eigenvalue weighted by molar-refractivity contribution is 6.33. The molecule has 0 saturated heterocycles. The average Bonchev–Trinajstić information content (AvgIpc) is 2.44. The largest absolute Gasteiger partial charge is 0.475 e. The van der Waals surface area contributed by atoms with Crippen LogP contribution in [0.5, 0.6) is 0 Å². The fraction of sp³-hybridized carbons (Fsp3) is 0.143. The topological polar surface area (TPSA) is 107 Å². The summed E-state index contributed by atoms with van der Waals surface area (Å²) in [6, 6.07) is 0. The molecule has 0 saturated carbocycles. The number of hydrogen-bond donors (Lipinski definition) is 2. The number of hydrogen-bond acceptors (Lipinski definition) is 5. The molecule has 0 aliphatic heterocycles. The molecular formula is C7H6ClN5O2. The minimum absolute atomic E-state index is 0.0209. The van der Waals surface area contributed by atoms with Gasteiger partial charge < -0.3 is 15.4 Å². The molecule has 15 heavy (non-hydrogen) atoms. The molecule has 0 fully saturated rings. The lowest BCUT2D eigenvalue weighted by Gasteiger charge is -1.97. The monoisotopic (exact) mass is 227 g/mol. The fourth-order valence-corrected chi connectivity index (χ4v) is 1.45. The molecule has 0 aliphatic carbocycles. The lowest BCUT2D eigenvalue weighted by molar-refractivity contribution is 0.0680. The normalized spacial score (nSPS) is 10.8. The number of fused-ring (bicyclic) bond motifs is 1. The van der Waals surface area contributed by atoms with Crippen molar-refractivity contribution in [1.82, 2.24) is 19.5 Å². The van der Waals surface area contributed by atoms with Crippen molar-refractivity contribution in [2.24, 2.45) is 7.05 Å². The number of imidazole rings is 1. The van der Waals surface area contributed by atoms with Crippen LogP contribution in [0.25, 0.3) is 11.2 Å². The molecule has 0 atom stereocenters. The smallest absolute Gasteiger partial charge is 0.372 e. The fourth-order valence-electron chi connectivity index (χ4n) is 1.23. The maximum atomic E-state index is 10.8. The van der Waals surface area contributed by atoms with E-state index in [1.807, 2.05) is 0 Å². The first-order valence-corrected chi connectivity index (χ1v) is 4.27. The minimum atomic E-state index is -1.16. The Morgan fingerprint density at radius 1 is 1.47 bits per heavy atom. The van der Waals surface area contributed by atoms with Crippen molar-refractivity contribution in [3.63, 3.8) is 0 Å². The van der Waals surface area contributed by atoms with Crippen LogP contribution in [-0.2, 0) is 7.05 Å². The average molecular weight is 228 g/mol. The molecule has 2 heterocycles. The molecule has 7 nitrogen and oxygen atoms in total. The van der Waals surface area contributed by atoms with Gasteiger partial charge in [0.1, 0.15) is 5.52 Å². The predicted octanol–water partition coefficient (Wildman–Crippen LogP) is 0.297. The second kappa shape index (κ2) is 3.06. The van der Waals surface area contributed by atoms with Crippen molar-refractivity contribution >= 4 is 34.7 Å². The molecule has 0 aromatic carbocycles. The highest BCUT2D eigenvalue weighted by Crippen LogP contribution is 2.20. The summed E-state index contributed by atoms with van der Waals surface area (Å²) in [5.41, 5.74) is 5.91. The second-order valence-electron chi connectivity index (χ2n) is 2.84. The van der Waals surface area contributed by atoms with Crippen molar-refractivity contribution in [3.8, 4) is 0 Å². The Bertz CT molecular complexity index is 564. The standard InChI is InChI=1S/C7H6ClN5O2/c1-13-4-2(10-5(13)6(14)15)3(8)11-7(9)12-4/h1H3,(H,14,15)(H2,9,11,12). The first-order chi connectivity index (χ1) is 7.00. The van der Waals surface area contributed by atoms with Crippen LogP contribution in [0.4, 0.5) is 5.95 Å². The lowest BCUT2D eigenvalue weighted by atomic mass is 10.5. The van der Waals surface area contributed by atoms with Gasteiger partial charge in [0, 0.05) is 7.05 Å². The van der Waals surface area contributed by atoms with Crippen LogP contribution in [0.3, 0.4) is 0 Å². The molecule has 3 N–H and O–H groups in total. The number of nitrogens with zero attached hydrogens (tertiary/aromatic N) is 4. The lowest BCUT2D eigenvalue weighted by Crippen LogP contribution is -2.06. The number of nitrogen functional groups attached to an aromatic ring is 1. The molecule has 0 aliphatic rings. The Balaban J connectivity index is 2.88. The molecule has 2 rings (SSSR count). The minimum Gasteiger partial charge on any atom is -0.475 e. The van der Waals surface area contributed by atoms with Crippen LogP contribution in [0.2, 0.25) is 5.15 Å². The Hall–Kier alpha value is -1.89. The van der Waals surface area contributed by atoms with Gasteiger partial charge >= 0.3 is 5.97 Å². The van der Waals surface area contributed by atoms with E-state index in [9.17, 15) is 4.79 Å². The number of halogens is 1. The van der Waals surface area contributed by atoms with Crippen molar-refractivity contribution in [1.29, 1.82) is 0 Å². The van der Waals surface area contributed by atoms with Crippen LogP contribution in [0.1, 0.15) is 10.6 Å². The first-order valence-electron chi connectivity index (χ1n) is 3.89. The Kier molecular flexibility index (Phi) is 1.97. The molecule has 0 unspecified atom stereocenters. The van der Waals surface area contributed by atoms with Crippen LogP contribution < -0.4 is 5.73 Å². The number of rotatable bonds is 1. The van der Waals surface area contributed by atoms with Gasteiger partial charge in [-0.05, 0) is 0 Å². The Morgan fingerprint density at radius 3 is 2.73 bits per heavy atom. The molecule has 2 aromatic heterocycles. The maximum absolute atomic E-state index is 10.8. The summed E-state index contributed by atoms with van der Waals surface area (Å²) in [7, 11) is 1.52. The van der Waals surface area contributed by atoms with Crippen LogP contribution in [-0.4, -0.2) is 30.6 Å². The number of carbonyl (C=O) groups is 1. The molecule has 0 amide bonds. The van der Waals surface area contributed by atoms with Gasteiger partial charge in [-0.2, -0.15) is 9.97 Å². The molecule has 0 radical (unpaired) electrons. The SMILES string of the molecule is Cn1c(C(=O)O)nc2c(Cl)nc(N)nc21. The zero-order chi connectivity index (χ0) is 11.2. The van der Waals surface area contributed by atoms with Crippen molar-refractivity contribution in [2.45, 2.75) is 0 Å². The van der Waals surface area contributed by atoms with E-state index >= 15 is 0 Å². The van der Waals surface area contributed by atoms with Crippen molar-refractivity contribution in [3.05, 3.63) is 11.0 Å². The summed E-state index contributed by atoms with van der Waals surface area (Å²) in [5, 5.41) is 8.86. The molecule has 2 aromatic rings. The number of nitrogens with two attached hydrogens (primary N) is 1. The zero-order valence-corrected chi connectivity index (χ0v) is 8.36. The van der Waals surface area contributed by atoms with E-state index in [4.69, 9.17) is 22.4 Å². The molecule has 0 spiro atoms. The maximum Gasteiger partial charge on any atom is 0.372 e. The predicted molar refractivity (Wildman–Crippen MR) is 52.7 cm³/mol.